The molecule has 2 rings (SSSR count). The van der Waals surface area contributed by atoms with E-state index in [4.69, 9.17) is 0 Å². The van der Waals surface area contributed by atoms with E-state index in [-0.39, 0.29) is 10.0 Å². The van der Waals surface area contributed by atoms with Crippen molar-refractivity contribution in [2.45, 2.75) is 12.5 Å². The van der Waals surface area contributed by atoms with Crippen LogP contribution in [0.1, 0.15) is 0 Å². The molecule has 0 amide bonds. The minimum Gasteiger partial charge on any atom is -0.365 e. The highest BCUT2D eigenvalue weighted by Crippen LogP contribution is 2.33. The van der Waals surface area contributed by atoms with Gasteiger partial charge in [0.15, 0.2) is 10.1 Å². The first-order chi connectivity index (χ1) is 7.95. The molecular formula is C4H4N6O7. The van der Waals surface area contributed by atoms with Gasteiger partial charge < -0.3 is 10.2 Å². The van der Waals surface area contributed by atoms with Crippen molar-refractivity contribution in [1.29, 1.82) is 0 Å². The first-order valence-corrected chi connectivity index (χ1v) is 4.01. The molecule has 1 aromatic rings. The van der Waals surface area contributed by atoms with Crippen LogP contribution in [0.2, 0.25) is 0 Å². The van der Waals surface area contributed by atoms with Crippen LogP contribution in [0.3, 0.4) is 0 Å². The molecule has 2 heterocycles. The number of anilines is 2. The molecule has 0 aliphatic carbocycles. The molecule has 0 saturated heterocycles. The molecule has 0 unspecified atom stereocenters. The van der Waals surface area contributed by atoms with E-state index < -0.39 is 34.2 Å². The zero-order valence-corrected chi connectivity index (χ0v) is 7.77. The Balaban J connectivity index is 2.56. The Hall–Kier alpha value is -2.54. The van der Waals surface area contributed by atoms with Crippen molar-refractivity contribution in [3.63, 3.8) is 0 Å². The predicted octanol–water partition coefficient (Wildman–Crippen LogP) is -2.28. The van der Waals surface area contributed by atoms with Gasteiger partial charge in [-0.3, -0.25) is 0 Å². The molecule has 2 atom stereocenters. The molecule has 1 aromatic heterocycles. The first kappa shape index (κ1) is 11.0. The number of nitrogens with zero attached hydrogens (tertiary/aromatic N) is 6. The maximum Gasteiger partial charge on any atom is 0.290 e. The molecule has 1 aliphatic heterocycles. The molecular weight excluding hydrogens is 244 g/mol. The van der Waals surface area contributed by atoms with E-state index in [1.54, 1.807) is 0 Å². The van der Waals surface area contributed by atoms with Gasteiger partial charge in [0, 0.05) is 0 Å². The lowest BCUT2D eigenvalue weighted by Crippen LogP contribution is -2.59. The molecule has 0 saturated carbocycles. The van der Waals surface area contributed by atoms with Gasteiger partial charge in [-0.2, -0.15) is 0 Å². The number of aliphatic hydroxyl groups excluding tert-OH is 2. The summed E-state index contributed by atoms with van der Waals surface area (Å²) in [7, 11) is 0. The summed E-state index contributed by atoms with van der Waals surface area (Å²) in [5, 5.41) is 43.9. The fraction of sp³-hybridized carbons (Fsp3) is 0.500. The van der Waals surface area contributed by atoms with Crippen LogP contribution >= 0.6 is 0 Å². The fourth-order valence-corrected chi connectivity index (χ4v) is 1.32. The molecule has 0 radical (unpaired) electrons. The maximum absolute atomic E-state index is 10.6. The summed E-state index contributed by atoms with van der Waals surface area (Å²) in [6, 6.07) is 0. The van der Waals surface area contributed by atoms with Crippen LogP contribution < -0.4 is 10.0 Å². The maximum atomic E-state index is 10.6. The second-order valence-electron chi connectivity index (χ2n) is 2.90. The Kier molecular flexibility index (Phi) is 2.25. The topological polar surface area (TPSA) is 172 Å². The molecule has 0 fully saturated rings. The standard InChI is InChI=1S/C4H4N6O7/c11-3-4(12)8(10(15)16)2-1(5-17-6-2)7(3)9(13)14/h3-4,11-12H/t3-,4-/m1/s1. The highest BCUT2D eigenvalue weighted by Gasteiger charge is 2.53. The summed E-state index contributed by atoms with van der Waals surface area (Å²) < 4.78 is 4.11. The van der Waals surface area contributed by atoms with E-state index in [1.165, 1.54) is 0 Å². The number of aliphatic hydroxyl groups is 2. The van der Waals surface area contributed by atoms with Gasteiger partial charge in [0.2, 0.25) is 12.5 Å². The molecule has 92 valence electrons. The smallest absolute Gasteiger partial charge is 0.290 e. The summed E-state index contributed by atoms with van der Waals surface area (Å²) in [5.41, 5.74) is 0. The summed E-state index contributed by atoms with van der Waals surface area (Å²) in [4.78, 5) is 21.2. The summed E-state index contributed by atoms with van der Waals surface area (Å²) in [5.74, 6) is -1.35. The van der Waals surface area contributed by atoms with Gasteiger partial charge in [0.1, 0.15) is 0 Å². The lowest BCUT2D eigenvalue weighted by Gasteiger charge is -2.29. The third kappa shape index (κ3) is 1.41. The van der Waals surface area contributed by atoms with Crippen molar-refractivity contribution in [3.05, 3.63) is 20.2 Å². The summed E-state index contributed by atoms with van der Waals surface area (Å²) in [6.45, 7) is 0. The largest absolute Gasteiger partial charge is 0.365 e. The molecule has 1 aliphatic rings. The van der Waals surface area contributed by atoms with Crippen LogP contribution in [0.25, 0.3) is 0 Å². The average Bonchev–Trinajstić information content (AvgIpc) is 2.66. The zero-order chi connectivity index (χ0) is 12.7. The van der Waals surface area contributed by atoms with E-state index in [9.17, 15) is 30.4 Å². The Labute approximate surface area is 90.6 Å². The van der Waals surface area contributed by atoms with Crippen LogP contribution in [0.15, 0.2) is 4.63 Å². The Bertz CT molecular complexity index is 432. The minimum absolute atomic E-state index is 0.0104. The summed E-state index contributed by atoms with van der Waals surface area (Å²) in [6.07, 6.45) is -4.37. The third-order valence-corrected chi connectivity index (χ3v) is 2.01. The number of hydrogen-bond donors (Lipinski definition) is 2. The van der Waals surface area contributed by atoms with Crippen LogP contribution in [0.4, 0.5) is 11.6 Å². The lowest BCUT2D eigenvalue weighted by molar-refractivity contribution is -0.536. The van der Waals surface area contributed by atoms with Crippen molar-refractivity contribution in [2.75, 3.05) is 10.0 Å². The van der Waals surface area contributed by atoms with Gasteiger partial charge >= 0.3 is 0 Å². The number of fused-ring (bicyclic) bond motifs is 1. The lowest BCUT2D eigenvalue weighted by atomic mass is 10.3. The number of hydrogen-bond acceptors (Lipinski definition) is 9. The third-order valence-electron chi connectivity index (χ3n) is 2.01. The Morgan fingerprint density at radius 3 is 1.71 bits per heavy atom. The number of rotatable bonds is 2. The summed E-state index contributed by atoms with van der Waals surface area (Å²) >= 11 is 0. The van der Waals surface area contributed by atoms with Gasteiger partial charge in [0.25, 0.3) is 11.6 Å². The zero-order valence-electron chi connectivity index (χ0n) is 7.77. The van der Waals surface area contributed by atoms with Crippen LogP contribution in [-0.2, 0) is 0 Å². The van der Waals surface area contributed by atoms with Crippen molar-refractivity contribution >= 4 is 11.6 Å². The number of aromatic nitrogens is 2. The van der Waals surface area contributed by atoms with Gasteiger partial charge in [0.05, 0.1) is 0 Å². The normalized spacial score (nSPS) is 23.4. The Morgan fingerprint density at radius 1 is 1.06 bits per heavy atom. The van der Waals surface area contributed by atoms with E-state index >= 15 is 0 Å². The fourth-order valence-electron chi connectivity index (χ4n) is 1.32. The molecule has 2 N–H and O–H groups in total. The SMILES string of the molecule is O=[N+]([O-])N1c2nonc2N([N+](=O)[O-])[C@H](O)[C@H]1O. The van der Waals surface area contributed by atoms with Crippen molar-refractivity contribution in [1.82, 2.24) is 10.3 Å². The molecule has 0 spiro atoms. The Morgan fingerprint density at radius 2 is 1.41 bits per heavy atom. The van der Waals surface area contributed by atoms with Crippen LogP contribution in [-0.4, -0.2) is 43.0 Å². The predicted molar refractivity (Wildman–Crippen MR) is 45.3 cm³/mol. The molecule has 13 heteroatoms. The molecule has 17 heavy (non-hydrogen) atoms. The van der Waals surface area contributed by atoms with E-state index in [0.29, 0.717) is 0 Å². The first-order valence-electron chi connectivity index (χ1n) is 4.01. The minimum atomic E-state index is -2.19. The second kappa shape index (κ2) is 3.49. The number of nitro groups is 2. The highest BCUT2D eigenvalue weighted by atomic mass is 16.7. The van der Waals surface area contributed by atoms with E-state index in [2.05, 4.69) is 14.9 Å². The molecule has 13 nitrogen and oxygen atoms in total. The van der Waals surface area contributed by atoms with Crippen molar-refractivity contribution in [3.8, 4) is 0 Å². The van der Waals surface area contributed by atoms with Gasteiger partial charge in [-0.15, -0.1) is 0 Å². The number of hydrazine groups is 2. The molecule has 0 bridgehead atoms. The van der Waals surface area contributed by atoms with E-state index in [1.807, 2.05) is 0 Å². The van der Waals surface area contributed by atoms with Gasteiger partial charge in [-0.25, -0.2) is 24.9 Å². The van der Waals surface area contributed by atoms with Gasteiger partial charge in [-0.05, 0) is 20.3 Å². The quantitative estimate of drug-likeness (QED) is 0.426. The monoisotopic (exact) mass is 248 g/mol. The molecule has 0 aromatic carbocycles. The second-order valence-corrected chi connectivity index (χ2v) is 2.90. The average molecular weight is 248 g/mol. The van der Waals surface area contributed by atoms with Gasteiger partial charge in [-0.1, -0.05) is 0 Å². The van der Waals surface area contributed by atoms with Crippen molar-refractivity contribution in [2.24, 2.45) is 0 Å². The highest BCUT2D eigenvalue weighted by molar-refractivity contribution is 5.61. The van der Waals surface area contributed by atoms with Crippen molar-refractivity contribution < 1.29 is 24.9 Å². The van der Waals surface area contributed by atoms with Crippen LogP contribution in [0.5, 0.6) is 0 Å². The van der Waals surface area contributed by atoms with Crippen LogP contribution in [0, 0.1) is 20.2 Å². The van der Waals surface area contributed by atoms with E-state index in [0.717, 1.165) is 0 Å².